The molecule has 1 fully saturated rings. The van der Waals surface area contributed by atoms with E-state index in [1.165, 1.54) is 29.8 Å². The van der Waals surface area contributed by atoms with Crippen LogP contribution in [0.3, 0.4) is 0 Å². The highest BCUT2D eigenvalue weighted by atomic mass is 16.6. The molecule has 2 amide bonds. The normalized spacial score (nSPS) is 13.6. The molecule has 1 aliphatic heterocycles. The van der Waals surface area contributed by atoms with Crippen LogP contribution < -0.4 is 15.5 Å². The number of hydrogen-bond donors (Lipinski definition) is 2. The zero-order chi connectivity index (χ0) is 28.3. The van der Waals surface area contributed by atoms with E-state index in [2.05, 4.69) is 39.8 Å². The third-order valence-electron chi connectivity index (χ3n) is 7.12. The molecule has 0 aromatic heterocycles. The Kier molecular flexibility index (Phi) is 10.2. The van der Waals surface area contributed by atoms with Crippen LogP contribution in [0.4, 0.5) is 17.1 Å². The zero-order valence-corrected chi connectivity index (χ0v) is 22.8. The van der Waals surface area contributed by atoms with Crippen LogP contribution in [0.1, 0.15) is 52.5 Å². The van der Waals surface area contributed by atoms with Gasteiger partial charge < -0.3 is 20.3 Å². The second-order valence-corrected chi connectivity index (χ2v) is 9.92. The van der Waals surface area contributed by atoms with E-state index in [0.717, 1.165) is 38.0 Å². The Morgan fingerprint density at radius 2 is 1.73 bits per heavy atom. The summed E-state index contributed by atoms with van der Waals surface area (Å²) in [5.74, 6) is -0.0217. The first-order valence-electron chi connectivity index (χ1n) is 13.8. The number of non-ortho nitro benzene ring substituents is 1. The van der Waals surface area contributed by atoms with Crippen LogP contribution in [0.25, 0.3) is 0 Å². The number of benzene rings is 3. The Hall–Kier alpha value is -4.24. The monoisotopic (exact) mass is 544 g/mol. The van der Waals surface area contributed by atoms with E-state index >= 15 is 0 Å². The first-order valence-corrected chi connectivity index (χ1v) is 13.8. The third kappa shape index (κ3) is 7.89. The molecule has 3 aromatic carbocycles. The molecular formula is C31H36N4O5. The summed E-state index contributed by atoms with van der Waals surface area (Å²) >= 11 is 0. The van der Waals surface area contributed by atoms with Crippen molar-refractivity contribution < 1.29 is 19.2 Å². The van der Waals surface area contributed by atoms with Crippen molar-refractivity contribution in [1.29, 1.82) is 0 Å². The van der Waals surface area contributed by atoms with Crippen LogP contribution in [0.2, 0.25) is 0 Å². The first-order chi connectivity index (χ1) is 19.4. The van der Waals surface area contributed by atoms with Crippen molar-refractivity contribution in [3.05, 3.63) is 99.6 Å². The van der Waals surface area contributed by atoms with Gasteiger partial charge in [0, 0.05) is 61.9 Å². The van der Waals surface area contributed by atoms with Crippen molar-refractivity contribution in [3.63, 3.8) is 0 Å². The Labute approximate surface area is 234 Å². The van der Waals surface area contributed by atoms with Gasteiger partial charge in [-0.2, -0.15) is 0 Å². The van der Waals surface area contributed by atoms with Crippen molar-refractivity contribution in [2.45, 2.75) is 32.6 Å². The average Bonchev–Trinajstić information content (AvgIpc) is 2.98. The zero-order valence-electron chi connectivity index (χ0n) is 22.8. The van der Waals surface area contributed by atoms with Crippen molar-refractivity contribution in [1.82, 2.24) is 5.32 Å². The lowest BCUT2D eigenvalue weighted by molar-refractivity contribution is -0.384. The molecule has 2 N–H and O–H groups in total. The maximum Gasteiger partial charge on any atom is 0.269 e. The molecule has 4 rings (SSSR count). The van der Waals surface area contributed by atoms with Gasteiger partial charge in [-0.25, -0.2) is 0 Å². The SMILES string of the molecule is CCOCCCNC(=O)c1cc(NC(=O)c2ccc([N+](=O)[O-])cc2)ccc1N1CCC(Cc2ccccc2)CC1. The Balaban J connectivity index is 1.47. The maximum atomic E-state index is 13.3. The summed E-state index contributed by atoms with van der Waals surface area (Å²) in [6.07, 6.45) is 3.82. The molecule has 0 atom stereocenters. The molecule has 3 aromatic rings. The van der Waals surface area contributed by atoms with E-state index in [9.17, 15) is 19.7 Å². The highest BCUT2D eigenvalue weighted by Crippen LogP contribution is 2.30. The second-order valence-electron chi connectivity index (χ2n) is 9.92. The molecule has 0 aliphatic carbocycles. The number of nitro groups is 1. The van der Waals surface area contributed by atoms with Gasteiger partial charge >= 0.3 is 0 Å². The fourth-order valence-corrected chi connectivity index (χ4v) is 4.95. The van der Waals surface area contributed by atoms with Gasteiger partial charge in [-0.05, 0) is 74.4 Å². The van der Waals surface area contributed by atoms with Gasteiger partial charge in [0.15, 0.2) is 0 Å². The molecule has 0 bridgehead atoms. The highest BCUT2D eigenvalue weighted by Gasteiger charge is 2.24. The molecule has 1 heterocycles. The number of nitrogens with one attached hydrogen (secondary N) is 2. The van der Waals surface area contributed by atoms with Gasteiger partial charge in [-0.3, -0.25) is 19.7 Å². The third-order valence-corrected chi connectivity index (χ3v) is 7.12. The van der Waals surface area contributed by atoms with Gasteiger partial charge in [0.1, 0.15) is 0 Å². The number of carbonyl (C=O) groups excluding carboxylic acids is 2. The highest BCUT2D eigenvalue weighted by molar-refractivity contribution is 6.06. The van der Waals surface area contributed by atoms with Crippen LogP contribution in [0.15, 0.2) is 72.8 Å². The predicted molar refractivity (Wildman–Crippen MR) is 156 cm³/mol. The Morgan fingerprint density at radius 3 is 2.40 bits per heavy atom. The summed E-state index contributed by atoms with van der Waals surface area (Å²) in [7, 11) is 0. The van der Waals surface area contributed by atoms with E-state index in [1.807, 2.05) is 19.1 Å². The van der Waals surface area contributed by atoms with E-state index in [1.54, 1.807) is 12.1 Å². The Morgan fingerprint density at radius 1 is 1.00 bits per heavy atom. The smallest absolute Gasteiger partial charge is 0.269 e. The maximum absolute atomic E-state index is 13.3. The molecule has 9 heteroatoms. The van der Waals surface area contributed by atoms with Crippen molar-refractivity contribution in [2.24, 2.45) is 5.92 Å². The molecular weight excluding hydrogens is 508 g/mol. The summed E-state index contributed by atoms with van der Waals surface area (Å²) in [5, 5.41) is 16.7. The minimum atomic E-state index is -0.510. The molecule has 40 heavy (non-hydrogen) atoms. The quantitative estimate of drug-likeness (QED) is 0.178. The summed E-state index contributed by atoms with van der Waals surface area (Å²) in [6.45, 7) is 5.31. The van der Waals surface area contributed by atoms with E-state index < -0.39 is 10.8 Å². The van der Waals surface area contributed by atoms with E-state index in [4.69, 9.17) is 4.74 Å². The van der Waals surface area contributed by atoms with Crippen LogP contribution in [0, 0.1) is 16.0 Å². The van der Waals surface area contributed by atoms with Crippen molar-refractivity contribution >= 4 is 28.9 Å². The predicted octanol–water partition coefficient (Wildman–Crippen LogP) is 5.46. The van der Waals surface area contributed by atoms with Gasteiger partial charge in [-0.1, -0.05) is 30.3 Å². The molecule has 210 valence electrons. The number of piperidine rings is 1. The largest absolute Gasteiger partial charge is 0.382 e. The molecule has 0 unspecified atom stereocenters. The number of ether oxygens (including phenoxy) is 1. The number of nitro benzene ring substituents is 1. The number of anilines is 2. The number of hydrogen-bond acceptors (Lipinski definition) is 6. The van der Waals surface area contributed by atoms with Crippen molar-refractivity contribution in [3.8, 4) is 0 Å². The number of nitrogens with zero attached hydrogens (tertiary/aromatic N) is 2. The topological polar surface area (TPSA) is 114 Å². The minimum Gasteiger partial charge on any atom is -0.382 e. The minimum absolute atomic E-state index is 0.0864. The number of carbonyl (C=O) groups is 2. The molecule has 1 saturated heterocycles. The number of amides is 2. The molecule has 1 aliphatic rings. The first kappa shape index (κ1) is 28.8. The average molecular weight is 545 g/mol. The Bertz CT molecular complexity index is 1290. The molecule has 9 nitrogen and oxygen atoms in total. The fourth-order valence-electron chi connectivity index (χ4n) is 4.95. The fraction of sp³-hybridized carbons (Fsp3) is 0.355. The molecule has 0 saturated carbocycles. The van der Waals surface area contributed by atoms with Gasteiger partial charge in [-0.15, -0.1) is 0 Å². The number of rotatable bonds is 12. The summed E-state index contributed by atoms with van der Waals surface area (Å²) < 4.78 is 5.37. The van der Waals surface area contributed by atoms with E-state index in [0.29, 0.717) is 43.3 Å². The summed E-state index contributed by atoms with van der Waals surface area (Å²) in [5.41, 5.74) is 3.37. The van der Waals surface area contributed by atoms with Crippen LogP contribution in [-0.2, 0) is 11.2 Å². The second kappa shape index (κ2) is 14.2. The van der Waals surface area contributed by atoms with Gasteiger partial charge in [0.05, 0.1) is 10.5 Å². The van der Waals surface area contributed by atoms with Crippen LogP contribution >= 0.6 is 0 Å². The van der Waals surface area contributed by atoms with Gasteiger partial charge in [0.2, 0.25) is 0 Å². The van der Waals surface area contributed by atoms with E-state index in [-0.39, 0.29) is 17.2 Å². The molecule has 0 radical (unpaired) electrons. The standard InChI is InChI=1S/C31H36N4O5/c1-2-40-20-6-17-32-31(37)28-22-26(33-30(36)25-9-12-27(13-10-25)35(38)39)11-14-29(28)34-18-15-24(16-19-34)21-23-7-4-3-5-8-23/h3-5,7-14,22,24H,2,6,15-21H2,1H3,(H,32,37)(H,33,36). The summed E-state index contributed by atoms with van der Waals surface area (Å²) in [4.78, 5) is 38.8. The molecule has 0 spiro atoms. The lowest BCUT2D eigenvalue weighted by Gasteiger charge is -2.35. The summed E-state index contributed by atoms with van der Waals surface area (Å²) in [6, 6.07) is 21.3. The lowest BCUT2D eigenvalue weighted by atomic mass is 9.89. The lowest BCUT2D eigenvalue weighted by Crippen LogP contribution is -2.36. The van der Waals surface area contributed by atoms with Crippen LogP contribution in [-0.4, -0.2) is 49.6 Å². The van der Waals surface area contributed by atoms with Crippen molar-refractivity contribution in [2.75, 3.05) is 43.1 Å². The van der Waals surface area contributed by atoms with Crippen LogP contribution in [0.5, 0.6) is 0 Å². The van der Waals surface area contributed by atoms with Gasteiger partial charge in [0.25, 0.3) is 17.5 Å².